The Morgan fingerprint density at radius 2 is 1.62 bits per heavy atom. The molecule has 1 aliphatic heterocycles. The number of primary amides is 1. The van der Waals surface area contributed by atoms with E-state index >= 15 is 4.39 Å². The Morgan fingerprint density at radius 1 is 0.874 bits per heavy atom. The molecule has 3 unspecified atom stereocenters. The van der Waals surface area contributed by atoms with Crippen LogP contribution in [0.25, 0.3) is 10.2 Å². The number of amides is 8. The van der Waals surface area contributed by atoms with Crippen LogP contribution in [0.2, 0.25) is 0 Å². The molecule has 0 bridgehead atoms. The molecule has 4 heterocycles. The third kappa shape index (κ3) is 22.8. The molecule has 0 saturated carbocycles. The van der Waals surface area contributed by atoms with Crippen molar-refractivity contribution < 1.29 is 71.7 Å². The Hall–Kier alpha value is -9.67. The number of aliphatic hydroxyl groups is 1. The number of imide groups is 1. The zero-order valence-corrected chi connectivity index (χ0v) is 55.6. The fourth-order valence-electron chi connectivity index (χ4n) is 9.57. The Kier molecular flexibility index (Phi) is 26.8. The number of rotatable bonds is 35. The van der Waals surface area contributed by atoms with E-state index in [0.29, 0.717) is 80.4 Å². The van der Waals surface area contributed by atoms with E-state index in [-0.39, 0.29) is 83.2 Å². The summed E-state index contributed by atoms with van der Waals surface area (Å²) in [5.41, 5.74) is 7.95. The number of anilines is 5. The number of benzene rings is 3. The Balaban J connectivity index is 0.866. The lowest BCUT2D eigenvalue weighted by atomic mass is 10.0. The topological polar surface area (TPSA) is 352 Å². The van der Waals surface area contributed by atoms with Crippen LogP contribution in [0, 0.1) is 30.5 Å². The van der Waals surface area contributed by atoms with Crippen molar-refractivity contribution in [1.82, 2.24) is 45.9 Å². The molecule has 6 aromatic rings. The Bertz CT molecular complexity index is 3740. The SMILES string of the molecule is Cc1cc(N(CCCC(O)C[N+](C)(C)C)c2nc(C(=O)O)c(CCCOc3ccc(C#CCN(C)C(=O)OCc4ccc(NC(=O)C(CCCNC(N)=O)NC(=O)C(NC(=O)CCOCCN5C(=O)C=CC5=O)C(C)C)cc4)cc3F)s2)nnc1Nc1nc2ccccc2s1. The average molecular weight is 1350 g/mol. The van der Waals surface area contributed by atoms with E-state index in [2.05, 4.69) is 58.6 Å². The minimum Gasteiger partial charge on any atom is -0.491 e. The number of carbonyl (C=O) groups excluding carboxylic acids is 7. The van der Waals surface area contributed by atoms with Crippen molar-refractivity contribution in [2.24, 2.45) is 11.7 Å². The van der Waals surface area contributed by atoms with Gasteiger partial charge in [0.1, 0.15) is 31.3 Å². The molecule has 1 aliphatic rings. The normalized spacial score (nSPS) is 13.0. The van der Waals surface area contributed by atoms with Gasteiger partial charge in [0.05, 0.1) is 64.3 Å². The van der Waals surface area contributed by atoms with Crippen LogP contribution in [0.15, 0.2) is 84.9 Å². The first-order chi connectivity index (χ1) is 45.3. The number of aromatic nitrogens is 4. The third-order valence-electron chi connectivity index (χ3n) is 14.4. The number of ether oxygens (including phenoxy) is 3. The number of nitrogens with two attached hydrogens (primary N) is 1. The number of carbonyl (C=O) groups is 8. The zero-order valence-electron chi connectivity index (χ0n) is 53.9. The number of carboxylic acid groups (broad SMARTS) is 1. The quantitative estimate of drug-likeness (QED) is 0.00924. The molecular weight excluding hydrogens is 1270 g/mol. The monoisotopic (exact) mass is 1350 g/mol. The molecule has 0 fully saturated rings. The number of halogens is 1. The molecule has 8 amide bonds. The molecule has 3 aromatic carbocycles. The molecule has 7 rings (SSSR count). The van der Waals surface area contributed by atoms with E-state index < -0.39 is 77.6 Å². The summed E-state index contributed by atoms with van der Waals surface area (Å²) in [5, 5.41) is 45.1. The van der Waals surface area contributed by atoms with E-state index in [9.17, 15) is 48.6 Å². The van der Waals surface area contributed by atoms with Crippen LogP contribution in [0.3, 0.4) is 0 Å². The van der Waals surface area contributed by atoms with Gasteiger partial charge in [-0.2, -0.15) is 0 Å². The number of nitrogens with zero attached hydrogens (tertiary/aromatic N) is 8. The second-order valence-electron chi connectivity index (χ2n) is 23.6. The van der Waals surface area contributed by atoms with Gasteiger partial charge in [0.2, 0.25) is 17.7 Å². The first-order valence-corrected chi connectivity index (χ1v) is 32.3. The summed E-state index contributed by atoms with van der Waals surface area (Å²) in [5.74, 6) is 1.69. The van der Waals surface area contributed by atoms with Crippen molar-refractivity contribution in [3.63, 3.8) is 0 Å². The average Bonchev–Trinajstić information content (AvgIpc) is 1.72. The Labute approximate surface area is 557 Å². The van der Waals surface area contributed by atoms with Gasteiger partial charge in [-0.1, -0.05) is 61.3 Å². The second-order valence-corrected chi connectivity index (χ2v) is 25.7. The molecule has 95 heavy (non-hydrogen) atoms. The number of hydrogen-bond donors (Lipinski definition) is 8. The maximum atomic E-state index is 15.4. The zero-order chi connectivity index (χ0) is 68.8. The standard InChI is InChI=1S/C65H79FN14O13S2/c1-40(2)56(72-53(82)28-34-91-35-32-79-54(83)26-27-55(79)84)60(86)70-48(17-10-29-68-62(67)89)59(85)69-44-23-20-43(21-24-44)39-93-65(90)77(4)30-11-14-42-22-25-49(46(66)37-42)92-33-13-19-51-57(61(87)88)73-64(95-51)78(31-12-15-45(81)38-80(5,6)7)52-36-41(3)58(76-75-52)74-63-71-47-16-8-9-18-50(47)94-63/h8-9,16,18,20-27,36-37,40,45,48,56,81H,10,12-13,15,17,19,28-35,38-39H2,1-7H3,(H7-,67,68,69,70,71,72,74,76,82,85,86,87,88,89)/p+1. The lowest BCUT2D eigenvalue weighted by molar-refractivity contribution is -0.873. The first-order valence-electron chi connectivity index (χ1n) is 30.7. The number of urea groups is 1. The van der Waals surface area contributed by atoms with E-state index in [0.717, 1.165) is 32.8 Å². The molecule has 0 spiro atoms. The van der Waals surface area contributed by atoms with Crippen LogP contribution in [-0.4, -0.2) is 191 Å². The van der Waals surface area contributed by atoms with Crippen molar-refractivity contribution >= 4 is 108 Å². The number of aliphatic hydroxyl groups excluding tert-OH is 1. The van der Waals surface area contributed by atoms with Crippen LogP contribution >= 0.6 is 22.7 Å². The maximum absolute atomic E-state index is 15.4. The van der Waals surface area contributed by atoms with E-state index in [1.54, 1.807) is 44.2 Å². The fourth-order valence-corrected chi connectivity index (χ4v) is 11.6. The Morgan fingerprint density at radius 3 is 2.31 bits per heavy atom. The number of hydrogen-bond acceptors (Lipinski definition) is 20. The number of fused-ring (bicyclic) bond motifs is 1. The smallest absolute Gasteiger partial charge is 0.410 e. The van der Waals surface area contributed by atoms with Gasteiger partial charge in [-0.3, -0.25) is 28.9 Å². The number of likely N-dealkylation sites (N-methyl/N-ethyl adjacent to an activating group) is 1. The van der Waals surface area contributed by atoms with Crippen molar-refractivity contribution in [3.05, 3.63) is 118 Å². The second kappa shape index (κ2) is 35.0. The largest absolute Gasteiger partial charge is 0.491 e. The minimum atomic E-state index is -1.21. The van der Waals surface area contributed by atoms with E-state index in [1.807, 2.05) is 63.3 Å². The molecular formula is C65H80FN14O13S2+. The molecule has 506 valence electrons. The van der Waals surface area contributed by atoms with Gasteiger partial charge in [0.25, 0.3) is 11.8 Å². The lowest BCUT2D eigenvalue weighted by Gasteiger charge is -2.27. The highest BCUT2D eigenvalue weighted by atomic mass is 32.1. The first kappa shape index (κ1) is 72.8. The van der Waals surface area contributed by atoms with Gasteiger partial charge in [-0.25, -0.2) is 28.7 Å². The lowest BCUT2D eigenvalue weighted by Crippen LogP contribution is -2.54. The third-order valence-corrected chi connectivity index (χ3v) is 16.5. The summed E-state index contributed by atoms with van der Waals surface area (Å²) in [7, 11) is 7.50. The summed E-state index contributed by atoms with van der Waals surface area (Å²) >= 11 is 2.69. The van der Waals surface area contributed by atoms with Crippen LogP contribution in [0.5, 0.6) is 5.75 Å². The van der Waals surface area contributed by atoms with Gasteiger partial charge in [-0.05, 0) is 111 Å². The van der Waals surface area contributed by atoms with Crippen molar-refractivity contribution in [2.75, 3.05) is 96.3 Å². The molecule has 0 saturated heterocycles. The molecule has 0 radical (unpaired) electrons. The van der Waals surface area contributed by atoms with Gasteiger partial charge < -0.3 is 71.0 Å². The summed E-state index contributed by atoms with van der Waals surface area (Å²) in [6, 6.07) is 17.3. The predicted molar refractivity (Wildman–Crippen MR) is 356 cm³/mol. The molecule has 30 heteroatoms. The number of aryl methyl sites for hydroxylation is 2. The van der Waals surface area contributed by atoms with Crippen molar-refractivity contribution in [1.29, 1.82) is 0 Å². The van der Waals surface area contributed by atoms with Crippen LogP contribution in [0.1, 0.15) is 84.4 Å². The van der Waals surface area contributed by atoms with Gasteiger partial charge >= 0.3 is 18.1 Å². The molecule has 27 nitrogen and oxygen atoms in total. The molecule has 3 aromatic heterocycles. The summed E-state index contributed by atoms with van der Waals surface area (Å²) in [6.45, 7) is 6.17. The fraction of sp³-hybridized carbons (Fsp3) is 0.415. The number of nitrogens with one attached hydrogen (secondary N) is 5. The maximum Gasteiger partial charge on any atom is 0.410 e. The molecule has 0 aliphatic carbocycles. The van der Waals surface area contributed by atoms with Crippen LogP contribution < -0.4 is 42.0 Å². The summed E-state index contributed by atoms with van der Waals surface area (Å²) in [6.07, 6.45) is 2.87. The highest BCUT2D eigenvalue weighted by Gasteiger charge is 2.30. The van der Waals surface area contributed by atoms with Crippen molar-refractivity contribution in [2.45, 2.75) is 90.5 Å². The minimum absolute atomic E-state index is 0.0123. The van der Waals surface area contributed by atoms with E-state index in [1.165, 1.54) is 46.8 Å². The summed E-state index contributed by atoms with van der Waals surface area (Å²) in [4.78, 5) is 114. The van der Waals surface area contributed by atoms with Gasteiger partial charge in [-0.15, -0.1) is 21.5 Å². The van der Waals surface area contributed by atoms with Crippen LogP contribution in [0.4, 0.5) is 41.6 Å². The van der Waals surface area contributed by atoms with Crippen LogP contribution in [-0.2, 0) is 46.5 Å². The number of carboxylic acids is 1. The highest BCUT2D eigenvalue weighted by Crippen LogP contribution is 2.35. The van der Waals surface area contributed by atoms with Gasteiger partial charge in [0, 0.05) is 54.8 Å². The predicted octanol–water partition coefficient (Wildman–Crippen LogP) is 6.39. The molecule has 3 atom stereocenters. The number of aromatic carboxylic acids is 1. The highest BCUT2D eigenvalue weighted by molar-refractivity contribution is 7.22. The number of quaternary nitrogens is 1. The van der Waals surface area contributed by atoms with E-state index in [4.69, 9.17) is 19.9 Å². The van der Waals surface area contributed by atoms with Crippen molar-refractivity contribution in [3.8, 4) is 17.6 Å². The number of thiazole rings is 2. The number of para-hydroxylation sites is 1. The summed E-state index contributed by atoms with van der Waals surface area (Å²) < 4.78 is 33.7. The molecule has 9 N–H and O–H groups in total. The van der Waals surface area contributed by atoms with Gasteiger partial charge in [0.15, 0.2) is 39.2 Å².